The summed E-state index contributed by atoms with van der Waals surface area (Å²) >= 11 is 1.51. The number of fused-ring (bicyclic) bond motifs is 1. The molecule has 0 saturated carbocycles. The molecule has 142 valence electrons. The molecule has 4 rings (SSSR count). The number of hydrogen-bond acceptors (Lipinski definition) is 5. The van der Waals surface area contributed by atoms with E-state index < -0.39 is 0 Å². The zero-order valence-corrected chi connectivity index (χ0v) is 16.6. The molecule has 0 aliphatic carbocycles. The molecule has 2 aromatic carbocycles. The number of benzene rings is 2. The molecule has 0 unspecified atom stereocenters. The van der Waals surface area contributed by atoms with E-state index in [9.17, 15) is 4.79 Å². The molecular weight excluding hydrogens is 370 g/mol. The molecule has 2 aromatic heterocycles. The summed E-state index contributed by atoms with van der Waals surface area (Å²) in [7, 11) is 0. The van der Waals surface area contributed by atoms with Gasteiger partial charge in [0.25, 0.3) is 5.56 Å². The van der Waals surface area contributed by atoms with Gasteiger partial charge in [-0.15, -0.1) is 0 Å². The minimum absolute atomic E-state index is 0.00702. The molecule has 0 amide bonds. The van der Waals surface area contributed by atoms with Gasteiger partial charge in [-0.05, 0) is 25.5 Å². The number of rotatable bonds is 6. The molecule has 0 N–H and O–H groups in total. The molecule has 0 spiro atoms. The fourth-order valence-corrected chi connectivity index (χ4v) is 4.03. The topological polar surface area (TPSA) is 60.9 Å². The van der Waals surface area contributed by atoms with Crippen LogP contribution in [0.5, 0.6) is 0 Å². The van der Waals surface area contributed by atoms with Crippen molar-refractivity contribution < 1.29 is 4.52 Å². The average molecular weight is 391 g/mol. The van der Waals surface area contributed by atoms with Crippen LogP contribution in [-0.4, -0.2) is 14.7 Å². The van der Waals surface area contributed by atoms with Crippen LogP contribution >= 0.6 is 11.8 Å². The maximum Gasteiger partial charge on any atom is 0.262 e. The summed E-state index contributed by atoms with van der Waals surface area (Å²) in [4.78, 5) is 17.8. The summed E-state index contributed by atoms with van der Waals surface area (Å²) in [5.41, 5.74) is 2.54. The summed E-state index contributed by atoms with van der Waals surface area (Å²) in [6.07, 6.45) is 0.857. The molecule has 5 nitrogen and oxygen atoms in total. The highest BCUT2D eigenvalue weighted by molar-refractivity contribution is 7.98. The largest absolute Gasteiger partial charge is 0.356 e. The predicted octanol–water partition coefficient (Wildman–Crippen LogP) is 5.31. The van der Waals surface area contributed by atoms with E-state index in [0.29, 0.717) is 16.3 Å². The lowest BCUT2D eigenvalue weighted by Crippen LogP contribution is -2.26. The highest BCUT2D eigenvalue weighted by atomic mass is 32.2. The van der Waals surface area contributed by atoms with Crippen molar-refractivity contribution in [3.05, 3.63) is 76.7 Å². The fraction of sp³-hybridized carbons (Fsp3) is 0.227. The van der Waals surface area contributed by atoms with E-state index >= 15 is 0 Å². The van der Waals surface area contributed by atoms with Crippen molar-refractivity contribution in [2.45, 2.75) is 37.2 Å². The molecule has 6 heteroatoms. The summed E-state index contributed by atoms with van der Waals surface area (Å²) in [6.45, 7) is 4.12. The Hall–Kier alpha value is -2.86. The highest BCUT2D eigenvalue weighted by Gasteiger charge is 2.16. The first-order valence-electron chi connectivity index (χ1n) is 9.32. The van der Waals surface area contributed by atoms with Crippen LogP contribution < -0.4 is 5.56 Å². The Morgan fingerprint density at radius 2 is 1.86 bits per heavy atom. The van der Waals surface area contributed by atoms with E-state index in [1.165, 1.54) is 11.8 Å². The molecule has 2 heterocycles. The Bertz CT molecular complexity index is 1150. The minimum atomic E-state index is 0.00702. The smallest absolute Gasteiger partial charge is 0.262 e. The molecule has 28 heavy (non-hydrogen) atoms. The van der Waals surface area contributed by atoms with Crippen LogP contribution in [0.1, 0.15) is 32.0 Å². The summed E-state index contributed by atoms with van der Waals surface area (Å²) < 4.78 is 7.28. The number of thioether (sulfide) groups is 1. The molecule has 0 fully saturated rings. The predicted molar refractivity (Wildman–Crippen MR) is 113 cm³/mol. The number of hydrogen-bond donors (Lipinski definition) is 0. The molecule has 1 atom stereocenters. The maximum absolute atomic E-state index is 13.0. The van der Waals surface area contributed by atoms with Gasteiger partial charge in [0.05, 0.1) is 16.6 Å². The number of aromatic nitrogens is 3. The van der Waals surface area contributed by atoms with Gasteiger partial charge in [-0.1, -0.05) is 66.3 Å². The lowest BCUT2D eigenvalue weighted by atomic mass is 10.2. The van der Waals surface area contributed by atoms with Crippen molar-refractivity contribution in [2.75, 3.05) is 0 Å². The van der Waals surface area contributed by atoms with E-state index in [0.717, 1.165) is 29.0 Å². The van der Waals surface area contributed by atoms with Gasteiger partial charge in [-0.2, -0.15) is 0 Å². The summed E-state index contributed by atoms with van der Waals surface area (Å²) in [5, 5.41) is 5.54. The Kier molecular flexibility index (Phi) is 5.30. The van der Waals surface area contributed by atoms with E-state index in [1.54, 1.807) is 4.57 Å². The second kappa shape index (κ2) is 8.02. The zero-order chi connectivity index (χ0) is 19.5. The molecule has 0 aliphatic heterocycles. The van der Waals surface area contributed by atoms with Gasteiger partial charge in [-0.3, -0.25) is 9.36 Å². The van der Waals surface area contributed by atoms with E-state index in [4.69, 9.17) is 9.51 Å². The van der Waals surface area contributed by atoms with E-state index in [-0.39, 0.29) is 11.6 Å². The normalized spacial score (nSPS) is 12.4. The van der Waals surface area contributed by atoms with Gasteiger partial charge < -0.3 is 4.52 Å². The van der Waals surface area contributed by atoms with Crippen LogP contribution in [0.2, 0.25) is 0 Å². The third kappa shape index (κ3) is 3.60. The van der Waals surface area contributed by atoms with Crippen LogP contribution in [0.15, 0.2) is 75.1 Å². The Morgan fingerprint density at radius 3 is 2.64 bits per heavy atom. The molecule has 0 aliphatic rings. The van der Waals surface area contributed by atoms with E-state index in [1.807, 2.05) is 67.6 Å². The van der Waals surface area contributed by atoms with Crippen LogP contribution in [-0.2, 0) is 5.75 Å². The van der Waals surface area contributed by atoms with Crippen LogP contribution in [0.4, 0.5) is 0 Å². The fourth-order valence-electron chi connectivity index (χ4n) is 3.06. The maximum atomic E-state index is 13.0. The minimum Gasteiger partial charge on any atom is -0.356 e. The lowest BCUT2D eigenvalue weighted by molar-refractivity contribution is 0.426. The van der Waals surface area contributed by atoms with Crippen LogP contribution in [0.3, 0.4) is 0 Å². The lowest BCUT2D eigenvalue weighted by Gasteiger charge is -2.17. The van der Waals surface area contributed by atoms with Crippen molar-refractivity contribution in [3.63, 3.8) is 0 Å². The molecular formula is C22H21N3O2S. The monoisotopic (exact) mass is 391 g/mol. The Labute approximate surface area is 167 Å². The van der Waals surface area contributed by atoms with Gasteiger partial charge in [0.2, 0.25) is 0 Å². The van der Waals surface area contributed by atoms with Gasteiger partial charge in [0.15, 0.2) is 10.9 Å². The van der Waals surface area contributed by atoms with Crippen molar-refractivity contribution in [1.82, 2.24) is 14.7 Å². The average Bonchev–Trinajstić information content (AvgIpc) is 3.21. The van der Waals surface area contributed by atoms with Crippen molar-refractivity contribution in [3.8, 4) is 11.3 Å². The second-order valence-electron chi connectivity index (χ2n) is 6.68. The first-order valence-corrected chi connectivity index (χ1v) is 10.3. The first kappa shape index (κ1) is 18.5. The van der Waals surface area contributed by atoms with Gasteiger partial charge >= 0.3 is 0 Å². The van der Waals surface area contributed by atoms with Crippen molar-refractivity contribution in [1.29, 1.82) is 0 Å². The number of nitrogens with zero attached hydrogens (tertiary/aromatic N) is 3. The summed E-state index contributed by atoms with van der Waals surface area (Å²) in [6, 6.07) is 19.4. The quantitative estimate of drug-likeness (QED) is 0.329. The Balaban J connectivity index is 1.64. The zero-order valence-electron chi connectivity index (χ0n) is 15.8. The van der Waals surface area contributed by atoms with Crippen LogP contribution in [0, 0.1) is 0 Å². The second-order valence-corrected chi connectivity index (χ2v) is 7.62. The van der Waals surface area contributed by atoms with Gasteiger partial charge in [-0.25, -0.2) is 4.98 Å². The highest BCUT2D eigenvalue weighted by Crippen LogP contribution is 2.27. The standard InChI is InChI=1S/C22H21N3O2S/c1-3-15(2)25-21(26)18-11-7-8-12-19(18)23-22(25)28-14-17-13-20(27-24-17)16-9-5-4-6-10-16/h4-13,15H,3,14H2,1-2H3/t15-/m0/s1. The third-order valence-corrected chi connectivity index (χ3v) is 5.76. The van der Waals surface area contributed by atoms with Crippen molar-refractivity contribution in [2.24, 2.45) is 0 Å². The van der Waals surface area contributed by atoms with Crippen molar-refractivity contribution >= 4 is 22.7 Å². The SMILES string of the molecule is CC[C@H](C)n1c(SCc2cc(-c3ccccc3)on2)nc2ccccc2c1=O. The van der Waals surface area contributed by atoms with Gasteiger partial charge in [0.1, 0.15) is 0 Å². The molecule has 0 radical (unpaired) electrons. The third-order valence-electron chi connectivity index (χ3n) is 4.77. The molecule has 0 saturated heterocycles. The number of para-hydroxylation sites is 1. The Morgan fingerprint density at radius 1 is 1.11 bits per heavy atom. The first-order chi connectivity index (χ1) is 13.7. The van der Waals surface area contributed by atoms with Crippen LogP contribution in [0.25, 0.3) is 22.2 Å². The van der Waals surface area contributed by atoms with E-state index in [2.05, 4.69) is 12.1 Å². The molecule has 0 bridgehead atoms. The van der Waals surface area contributed by atoms with Gasteiger partial charge in [0, 0.05) is 23.4 Å². The summed E-state index contributed by atoms with van der Waals surface area (Å²) in [5.74, 6) is 1.32. The molecule has 4 aromatic rings.